The Bertz CT molecular complexity index is 894. The van der Waals surface area contributed by atoms with Crippen LogP contribution in [0.2, 0.25) is 0 Å². The number of nitrogens with one attached hydrogen (secondary N) is 2. The average Bonchev–Trinajstić information content (AvgIpc) is 2.68. The molecule has 0 aromatic heterocycles. The summed E-state index contributed by atoms with van der Waals surface area (Å²) in [5.74, 6) is -1.02. The minimum Gasteiger partial charge on any atom is -0.507 e. The van der Waals surface area contributed by atoms with Crippen LogP contribution >= 0.6 is 0 Å². The number of anilines is 1. The first-order valence-electron chi connectivity index (χ1n) is 8.57. The molecule has 2 aromatic rings. The third kappa shape index (κ3) is 6.20. The number of non-ortho nitro benzene ring substituents is 1. The molecule has 146 valence electrons. The zero-order valence-electron chi connectivity index (χ0n) is 15.2. The van der Waals surface area contributed by atoms with Gasteiger partial charge in [-0.2, -0.15) is 5.10 Å². The van der Waals surface area contributed by atoms with Crippen LogP contribution in [0.4, 0.5) is 11.4 Å². The average molecular weight is 384 g/mol. The van der Waals surface area contributed by atoms with Crippen molar-refractivity contribution in [3.63, 3.8) is 0 Å². The van der Waals surface area contributed by atoms with E-state index in [2.05, 4.69) is 15.8 Å². The van der Waals surface area contributed by atoms with E-state index in [4.69, 9.17) is 0 Å². The second-order valence-corrected chi connectivity index (χ2v) is 5.89. The summed E-state index contributed by atoms with van der Waals surface area (Å²) in [6.07, 6.45) is 1.88. The molecule has 3 N–H and O–H groups in total. The van der Waals surface area contributed by atoms with Gasteiger partial charge in [-0.05, 0) is 30.2 Å². The summed E-state index contributed by atoms with van der Waals surface area (Å²) in [5.41, 5.74) is 3.89. The molecular formula is C19H20N4O5. The largest absolute Gasteiger partial charge is 0.507 e. The number of aryl methyl sites for hydroxylation is 1. The van der Waals surface area contributed by atoms with Gasteiger partial charge in [-0.1, -0.05) is 19.1 Å². The number of carbonyl (C=O) groups excluding carboxylic acids is 2. The molecule has 9 nitrogen and oxygen atoms in total. The highest BCUT2D eigenvalue weighted by Crippen LogP contribution is 2.21. The summed E-state index contributed by atoms with van der Waals surface area (Å²) < 4.78 is 0. The molecule has 0 heterocycles. The second kappa shape index (κ2) is 9.81. The van der Waals surface area contributed by atoms with E-state index in [1.807, 2.05) is 19.1 Å². The third-order valence-electron chi connectivity index (χ3n) is 3.84. The number of hydrazone groups is 1. The number of benzene rings is 2. The Hall–Kier alpha value is -3.75. The van der Waals surface area contributed by atoms with E-state index >= 15 is 0 Å². The standard InChI is InChI=1S/C19H20N4O5/c1-2-13-3-5-15(6-4-13)21-18(25)9-10-19(26)22-20-12-14-11-16(23(27)28)7-8-17(14)24/h3-8,11-12,24H,2,9-10H2,1H3,(H,21,25)(H,22,26)/b20-12+. The molecule has 0 saturated heterocycles. The fraction of sp³-hybridized carbons (Fsp3) is 0.211. The number of hydrogen-bond donors (Lipinski definition) is 3. The molecule has 2 amide bonds. The van der Waals surface area contributed by atoms with Gasteiger partial charge < -0.3 is 10.4 Å². The van der Waals surface area contributed by atoms with Crippen molar-refractivity contribution in [2.45, 2.75) is 26.2 Å². The van der Waals surface area contributed by atoms with Crippen LogP contribution in [0.15, 0.2) is 47.6 Å². The maximum atomic E-state index is 11.9. The summed E-state index contributed by atoms with van der Waals surface area (Å²) in [6.45, 7) is 2.04. The molecule has 0 atom stereocenters. The van der Waals surface area contributed by atoms with Gasteiger partial charge in [0.25, 0.3) is 5.69 Å². The van der Waals surface area contributed by atoms with Crippen molar-refractivity contribution in [2.24, 2.45) is 5.10 Å². The first-order valence-corrected chi connectivity index (χ1v) is 8.57. The summed E-state index contributed by atoms with van der Waals surface area (Å²) in [6, 6.07) is 10.9. The minimum absolute atomic E-state index is 0.0288. The molecule has 0 bridgehead atoms. The molecule has 0 aliphatic rings. The molecule has 2 aromatic carbocycles. The smallest absolute Gasteiger partial charge is 0.270 e. The summed E-state index contributed by atoms with van der Waals surface area (Å²) in [5, 5.41) is 26.7. The normalized spacial score (nSPS) is 10.6. The van der Waals surface area contributed by atoms with Crippen molar-refractivity contribution in [1.29, 1.82) is 0 Å². The van der Waals surface area contributed by atoms with Crippen LogP contribution in [-0.2, 0) is 16.0 Å². The van der Waals surface area contributed by atoms with Crippen molar-refractivity contribution in [1.82, 2.24) is 5.43 Å². The SMILES string of the molecule is CCc1ccc(NC(=O)CCC(=O)N/N=C/c2cc([N+](=O)[O-])ccc2O)cc1. The molecule has 9 heteroatoms. The lowest BCUT2D eigenvalue weighted by Gasteiger charge is -2.05. The van der Waals surface area contributed by atoms with E-state index in [9.17, 15) is 24.8 Å². The lowest BCUT2D eigenvalue weighted by Crippen LogP contribution is -2.20. The number of phenols is 1. The predicted molar refractivity (Wildman–Crippen MR) is 104 cm³/mol. The number of hydrogen-bond acceptors (Lipinski definition) is 6. The molecule has 0 spiro atoms. The quantitative estimate of drug-likeness (QED) is 0.365. The van der Waals surface area contributed by atoms with Crippen molar-refractivity contribution >= 4 is 29.4 Å². The number of amides is 2. The predicted octanol–water partition coefficient (Wildman–Crippen LogP) is 2.73. The molecule has 28 heavy (non-hydrogen) atoms. The van der Waals surface area contributed by atoms with Crippen LogP contribution in [0.3, 0.4) is 0 Å². The molecule has 0 saturated carbocycles. The monoisotopic (exact) mass is 384 g/mol. The minimum atomic E-state index is -0.607. The maximum Gasteiger partial charge on any atom is 0.270 e. The van der Waals surface area contributed by atoms with Crippen molar-refractivity contribution in [2.75, 3.05) is 5.32 Å². The van der Waals surface area contributed by atoms with Gasteiger partial charge in [-0.3, -0.25) is 19.7 Å². The van der Waals surface area contributed by atoms with Gasteiger partial charge in [-0.25, -0.2) is 5.43 Å². The van der Waals surface area contributed by atoms with E-state index < -0.39 is 10.8 Å². The fourth-order valence-electron chi connectivity index (χ4n) is 2.26. The van der Waals surface area contributed by atoms with Crippen molar-refractivity contribution in [3.8, 4) is 5.75 Å². The third-order valence-corrected chi connectivity index (χ3v) is 3.84. The highest BCUT2D eigenvalue weighted by molar-refractivity contribution is 5.93. The van der Waals surface area contributed by atoms with Crippen molar-refractivity contribution in [3.05, 3.63) is 63.7 Å². The Morgan fingerprint density at radius 1 is 1.14 bits per heavy atom. The van der Waals surface area contributed by atoms with Gasteiger partial charge in [-0.15, -0.1) is 0 Å². The van der Waals surface area contributed by atoms with E-state index in [0.29, 0.717) is 5.69 Å². The van der Waals surface area contributed by atoms with Crippen LogP contribution in [0.1, 0.15) is 30.9 Å². The second-order valence-electron chi connectivity index (χ2n) is 5.89. The van der Waals surface area contributed by atoms with Gasteiger partial charge in [0.05, 0.1) is 11.1 Å². The zero-order chi connectivity index (χ0) is 20.5. The number of nitro benzene ring substituents is 1. The number of aromatic hydroxyl groups is 1. The fourth-order valence-corrected chi connectivity index (χ4v) is 2.26. The summed E-state index contributed by atoms with van der Waals surface area (Å²) in [4.78, 5) is 33.8. The number of nitrogens with zero attached hydrogens (tertiary/aromatic N) is 2. The van der Waals surface area contributed by atoms with Gasteiger partial charge in [0.1, 0.15) is 5.75 Å². The van der Waals surface area contributed by atoms with E-state index in [1.54, 1.807) is 12.1 Å². The molecule has 0 aliphatic carbocycles. The molecule has 0 fully saturated rings. The van der Waals surface area contributed by atoms with Crippen LogP contribution in [-0.4, -0.2) is 28.1 Å². The molecule has 2 rings (SSSR count). The lowest BCUT2D eigenvalue weighted by atomic mass is 10.1. The molecule has 0 radical (unpaired) electrons. The van der Waals surface area contributed by atoms with E-state index in [1.165, 1.54) is 6.07 Å². The Morgan fingerprint density at radius 3 is 2.46 bits per heavy atom. The zero-order valence-corrected chi connectivity index (χ0v) is 15.2. The van der Waals surface area contributed by atoms with E-state index in [0.717, 1.165) is 30.3 Å². The Morgan fingerprint density at radius 2 is 1.82 bits per heavy atom. The van der Waals surface area contributed by atoms with Crippen LogP contribution in [0.25, 0.3) is 0 Å². The van der Waals surface area contributed by atoms with Crippen molar-refractivity contribution < 1.29 is 19.6 Å². The van der Waals surface area contributed by atoms with Crippen LogP contribution < -0.4 is 10.7 Å². The van der Waals surface area contributed by atoms with Crippen LogP contribution in [0.5, 0.6) is 5.75 Å². The number of nitro groups is 1. The van der Waals surface area contributed by atoms with Gasteiger partial charge >= 0.3 is 0 Å². The van der Waals surface area contributed by atoms with E-state index in [-0.39, 0.29) is 35.7 Å². The van der Waals surface area contributed by atoms with Crippen LogP contribution in [0, 0.1) is 10.1 Å². The topological polar surface area (TPSA) is 134 Å². The van der Waals surface area contributed by atoms with Gasteiger partial charge in [0.15, 0.2) is 0 Å². The first-order chi connectivity index (χ1) is 13.4. The lowest BCUT2D eigenvalue weighted by molar-refractivity contribution is -0.384. The Kier molecular flexibility index (Phi) is 7.21. The molecule has 0 aliphatic heterocycles. The molecule has 0 unspecified atom stereocenters. The number of carbonyl (C=O) groups is 2. The Labute approximate surface area is 161 Å². The highest BCUT2D eigenvalue weighted by Gasteiger charge is 2.09. The number of phenolic OH excluding ortho intramolecular Hbond substituents is 1. The highest BCUT2D eigenvalue weighted by atomic mass is 16.6. The van der Waals surface area contributed by atoms with Gasteiger partial charge in [0, 0.05) is 36.2 Å². The van der Waals surface area contributed by atoms with Gasteiger partial charge in [0.2, 0.25) is 11.8 Å². The summed E-state index contributed by atoms with van der Waals surface area (Å²) in [7, 11) is 0. The number of rotatable bonds is 8. The Balaban J connectivity index is 1.80. The summed E-state index contributed by atoms with van der Waals surface area (Å²) >= 11 is 0. The molecular weight excluding hydrogens is 364 g/mol. The maximum absolute atomic E-state index is 11.9. The first kappa shape index (κ1) is 20.6.